The van der Waals surface area contributed by atoms with Crippen LogP contribution in [-0.2, 0) is 11.3 Å². The van der Waals surface area contributed by atoms with E-state index in [9.17, 15) is 14.4 Å². The third kappa shape index (κ3) is 3.05. The van der Waals surface area contributed by atoms with Gasteiger partial charge < -0.3 is 5.11 Å². The largest absolute Gasteiger partial charge is 0.480 e. The Morgan fingerprint density at radius 3 is 2.67 bits per heavy atom. The Kier molecular flexibility index (Phi) is 5.21. The van der Waals surface area contributed by atoms with Crippen LogP contribution in [0, 0.1) is 0 Å². The average Bonchev–Trinajstić information content (AvgIpc) is 2.33. The minimum absolute atomic E-state index is 0.177. The second-order valence-electron chi connectivity index (χ2n) is 3.63. The topological polar surface area (TPSA) is 81.3 Å². The van der Waals surface area contributed by atoms with Crippen molar-refractivity contribution in [1.29, 1.82) is 0 Å². The van der Waals surface area contributed by atoms with E-state index in [4.69, 9.17) is 5.11 Å². The first kappa shape index (κ1) is 15.0. The smallest absolute Gasteiger partial charge is 0.331 e. The lowest BCUT2D eigenvalue weighted by Crippen LogP contribution is -2.42. The minimum Gasteiger partial charge on any atom is -0.480 e. The number of rotatable bonds is 5. The maximum absolute atomic E-state index is 12.0. The summed E-state index contributed by atoms with van der Waals surface area (Å²) in [6.07, 6.45) is 3.08. The summed E-state index contributed by atoms with van der Waals surface area (Å²) in [7, 11) is 0. The average molecular weight is 337 g/mol. The van der Waals surface area contributed by atoms with Gasteiger partial charge in [-0.15, -0.1) is 0 Å². The maximum Gasteiger partial charge on any atom is 0.331 e. The zero-order valence-corrected chi connectivity index (χ0v) is 12.3. The molecule has 1 unspecified atom stereocenters. The lowest BCUT2D eigenvalue weighted by atomic mass is 10.3. The van der Waals surface area contributed by atoms with Gasteiger partial charge in [-0.1, -0.05) is 0 Å². The molecule has 100 valence electrons. The lowest BCUT2D eigenvalue weighted by Gasteiger charge is -2.13. The molecule has 8 heteroatoms. The summed E-state index contributed by atoms with van der Waals surface area (Å²) in [6.45, 7) is 1.64. The fourth-order valence-electron chi connectivity index (χ4n) is 1.36. The molecule has 0 bridgehead atoms. The molecule has 0 saturated carbocycles. The molecule has 1 N–H and O–H groups in total. The summed E-state index contributed by atoms with van der Waals surface area (Å²) < 4.78 is 2.25. The zero-order valence-electron chi connectivity index (χ0n) is 9.92. The van der Waals surface area contributed by atoms with E-state index in [0.717, 1.165) is 9.13 Å². The number of carbonyl (C=O) groups is 1. The SMILES string of the molecule is CSCCn1c(=O)c(Br)cn(C(C)C(=O)O)c1=O. The standard InChI is InChI=1S/C10H13BrN2O4S/c1-6(9(15)16)13-5-7(11)8(14)12(10(13)17)3-4-18-2/h5-6H,3-4H2,1-2H3,(H,15,16). The number of carboxylic acid groups (broad SMARTS) is 1. The van der Waals surface area contributed by atoms with Gasteiger partial charge >= 0.3 is 11.7 Å². The first-order chi connectivity index (χ1) is 8.40. The molecule has 0 spiro atoms. The van der Waals surface area contributed by atoms with Crippen LogP contribution in [0.15, 0.2) is 20.3 Å². The first-order valence-electron chi connectivity index (χ1n) is 5.13. The molecule has 0 aliphatic rings. The van der Waals surface area contributed by atoms with Crippen molar-refractivity contribution < 1.29 is 9.90 Å². The van der Waals surface area contributed by atoms with Gasteiger partial charge in [-0.05, 0) is 29.1 Å². The highest BCUT2D eigenvalue weighted by atomic mass is 79.9. The summed E-state index contributed by atoms with van der Waals surface area (Å²) >= 11 is 4.55. The number of aliphatic carboxylic acids is 1. The van der Waals surface area contributed by atoms with Gasteiger partial charge in [0.1, 0.15) is 6.04 Å². The third-order valence-electron chi connectivity index (χ3n) is 2.45. The Morgan fingerprint density at radius 1 is 1.56 bits per heavy atom. The number of hydrogen-bond acceptors (Lipinski definition) is 4. The number of halogens is 1. The van der Waals surface area contributed by atoms with Gasteiger partial charge in [-0.2, -0.15) is 11.8 Å². The van der Waals surface area contributed by atoms with Gasteiger partial charge in [0.2, 0.25) is 0 Å². The van der Waals surface area contributed by atoms with E-state index in [1.165, 1.54) is 24.9 Å². The van der Waals surface area contributed by atoms with E-state index in [1.807, 2.05) is 6.26 Å². The van der Waals surface area contributed by atoms with Crippen molar-refractivity contribution in [1.82, 2.24) is 9.13 Å². The number of thioether (sulfide) groups is 1. The van der Waals surface area contributed by atoms with E-state index in [1.54, 1.807) is 0 Å². The first-order valence-corrected chi connectivity index (χ1v) is 7.32. The van der Waals surface area contributed by atoms with Crippen LogP contribution in [-0.4, -0.2) is 32.2 Å². The van der Waals surface area contributed by atoms with Gasteiger partial charge in [0.15, 0.2) is 0 Å². The molecule has 1 aromatic rings. The van der Waals surface area contributed by atoms with Crippen molar-refractivity contribution in [2.75, 3.05) is 12.0 Å². The van der Waals surface area contributed by atoms with Crippen molar-refractivity contribution in [2.24, 2.45) is 0 Å². The normalized spacial score (nSPS) is 12.4. The quantitative estimate of drug-likeness (QED) is 0.859. The number of aromatic nitrogens is 2. The van der Waals surface area contributed by atoms with Crippen LogP contribution in [0.25, 0.3) is 0 Å². The molecular weight excluding hydrogens is 324 g/mol. The van der Waals surface area contributed by atoms with Gasteiger partial charge in [0.05, 0.1) is 4.47 Å². The summed E-state index contributed by atoms with van der Waals surface area (Å²) in [5.41, 5.74) is -1.05. The second-order valence-corrected chi connectivity index (χ2v) is 5.47. The molecule has 0 aromatic carbocycles. The maximum atomic E-state index is 12.0. The highest BCUT2D eigenvalue weighted by molar-refractivity contribution is 9.10. The molecule has 1 rings (SSSR count). The van der Waals surface area contributed by atoms with Crippen LogP contribution in [0.1, 0.15) is 13.0 Å². The molecule has 18 heavy (non-hydrogen) atoms. The van der Waals surface area contributed by atoms with Crippen LogP contribution in [0.4, 0.5) is 0 Å². The fraction of sp³-hybridized carbons (Fsp3) is 0.500. The van der Waals surface area contributed by atoms with Gasteiger partial charge in [-0.3, -0.25) is 13.9 Å². The van der Waals surface area contributed by atoms with Crippen molar-refractivity contribution in [2.45, 2.75) is 19.5 Å². The molecule has 1 aromatic heterocycles. The van der Waals surface area contributed by atoms with Crippen molar-refractivity contribution in [3.63, 3.8) is 0 Å². The zero-order chi connectivity index (χ0) is 13.9. The Bertz CT molecular complexity index is 566. The monoisotopic (exact) mass is 336 g/mol. The molecule has 1 atom stereocenters. The van der Waals surface area contributed by atoms with Crippen LogP contribution >= 0.6 is 27.7 Å². The summed E-state index contributed by atoms with van der Waals surface area (Å²) in [6, 6.07) is -1.02. The highest BCUT2D eigenvalue weighted by Gasteiger charge is 2.18. The van der Waals surface area contributed by atoms with Gasteiger partial charge in [0, 0.05) is 18.5 Å². The van der Waals surface area contributed by atoms with E-state index in [-0.39, 0.29) is 11.0 Å². The van der Waals surface area contributed by atoms with Crippen LogP contribution in [0.2, 0.25) is 0 Å². The van der Waals surface area contributed by atoms with Crippen LogP contribution in [0.5, 0.6) is 0 Å². The Labute approximate surface area is 116 Å². The van der Waals surface area contributed by atoms with Crippen LogP contribution < -0.4 is 11.2 Å². The molecular formula is C10H13BrN2O4S. The molecule has 0 aliphatic heterocycles. The molecule has 6 nitrogen and oxygen atoms in total. The summed E-state index contributed by atoms with van der Waals surface area (Å²) in [5.74, 6) is -0.522. The van der Waals surface area contributed by atoms with E-state index in [0.29, 0.717) is 5.75 Å². The third-order valence-corrected chi connectivity index (χ3v) is 3.58. The number of carboxylic acids is 1. The van der Waals surface area contributed by atoms with Crippen molar-refractivity contribution in [3.05, 3.63) is 31.5 Å². The number of hydrogen-bond donors (Lipinski definition) is 1. The fourth-order valence-corrected chi connectivity index (χ4v) is 2.16. The molecule has 0 radical (unpaired) electrons. The molecule has 0 amide bonds. The molecule has 0 aliphatic carbocycles. The predicted molar refractivity (Wildman–Crippen MR) is 73.4 cm³/mol. The van der Waals surface area contributed by atoms with Gasteiger partial charge in [-0.25, -0.2) is 9.59 Å². The van der Waals surface area contributed by atoms with E-state index >= 15 is 0 Å². The Morgan fingerprint density at radius 2 is 2.17 bits per heavy atom. The van der Waals surface area contributed by atoms with Gasteiger partial charge in [0.25, 0.3) is 5.56 Å². The van der Waals surface area contributed by atoms with Crippen LogP contribution in [0.3, 0.4) is 0 Å². The van der Waals surface area contributed by atoms with Crippen molar-refractivity contribution in [3.8, 4) is 0 Å². The Balaban J connectivity index is 3.39. The predicted octanol–water partition coefficient (Wildman–Crippen LogP) is 0.781. The lowest BCUT2D eigenvalue weighted by molar-refractivity contribution is -0.140. The summed E-state index contributed by atoms with van der Waals surface area (Å²) in [5, 5.41) is 8.92. The molecule has 0 saturated heterocycles. The van der Waals surface area contributed by atoms with E-state index < -0.39 is 23.3 Å². The number of nitrogens with zero attached hydrogens (tertiary/aromatic N) is 2. The summed E-state index contributed by atoms with van der Waals surface area (Å²) in [4.78, 5) is 34.7. The second kappa shape index (κ2) is 6.24. The highest BCUT2D eigenvalue weighted by Crippen LogP contribution is 2.06. The molecule has 0 fully saturated rings. The van der Waals surface area contributed by atoms with E-state index in [2.05, 4.69) is 15.9 Å². The molecule has 1 heterocycles. The Hall–Kier alpha value is -1.02. The minimum atomic E-state index is -1.13. The van der Waals surface area contributed by atoms with Crippen molar-refractivity contribution >= 4 is 33.7 Å².